The first-order valence-electron chi connectivity index (χ1n) is 4.72. The maximum Gasteiger partial charge on any atom is 0.153 e. The Morgan fingerprint density at radius 2 is 2.29 bits per heavy atom. The van der Waals surface area contributed by atoms with E-state index >= 15 is 0 Å². The Bertz CT molecular complexity index is 266. The molecule has 6 heteroatoms. The van der Waals surface area contributed by atoms with Crippen LogP contribution in [-0.2, 0) is 14.7 Å². The number of hydroxylamine groups is 2. The molecule has 1 unspecified atom stereocenters. The van der Waals surface area contributed by atoms with Crippen molar-refractivity contribution in [3.63, 3.8) is 0 Å². The normalized spacial score (nSPS) is 26.6. The quantitative estimate of drug-likeness (QED) is 0.635. The van der Waals surface area contributed by atoms with Crippen LogP contribution in [0.4, 0.5) is 0 Å². The van der Waals surface area contributed by atoms with Crippen molar-refractivity contribution in [1.82, 2.24) is 10.4 Å². The lowest BCUT2D eigenvalue weighted by Crippen LogP contribution is -2.46. The van der Waals surface area contributed by atoms with Crippen molar-refractivity contribution in [2.45, 2.75) is 12.5 Å². The molecule has 1 rings (SSSR count). The largest absolute Gasteiger partial charge is 0.312 e. The van der Waals surface area contributed by atoms with Crippen LogP contribution in [0.1, 0.15) is 6.42 Å². The minimum absolute atomic E-state index is 0.0753. The van der Waals surface area contributed by atoms with Crippen LogP contribution >= 0.6 is 0 Å². The molecule has 0 amide bonds. The van der Waals surface area contributed by atoms with Gasteiger partial charge in [-0.25, -0.2) is 8.42 Å². The molecule has 1 saturated heterocycles. The number of hydrogen-bond donors (Lipinski definition) is 1. The fraction of sp³-hybridized carbons (Fsp3) is 1.00. The number of sulfone groups is 1. The summed E-state index contributed by atoms with van der Waals surface area (Å²) < 4.78 is 22.6. The molecule has 1 aliphatic heterocycles. The Morgan fingerprint density at radius 1 is 1.57 bits per heavy atom. The van der Waals surface area contributed by atoms with Crippen LogP contribution < -0.4 is 5.32 Å². The molecule has 1 fully saturated rings. The van der Waals surface area contributed by atoms with Gasteiger partial charge in [0.05, 0.1) is 18.6 Å². The van der Waals surface area contributed by atoms with Gasteiger partial charge in [-0.3, -0.25) is 0 Å². The van der Waals surface area contributed by atoms with Crippen molar-refractivity contribution in [2.24, 2.45) is 0 Å². The molecule has 0 saturated carbocycles. The van der Waals surface area contributed by atoms with E-state index in [0.29, 0.717) is 6.54 Å². The summed E-state index contributed by atoms with van der Waals surface area (Å²) in [5.74, 6) is 0.522. The Hall–Kier alpha value is -0.170. The molecular formula is C8H18N2O3S. The Balaban J connectivity index is 2.31. The predicted octanol–water partition coefficient (Wildman–Crippen LogP) is -0.744. The second kappa shape index (κ2) is 5.06. The average molecular weight is 222 g/mol. The highest BCUT2D eigenvalue weighted by atomic mass is 32.2. The van der Waals surface area contributed by atoms with Crippen LogP contribution in [0.2, 0.25) is 0 Å². The Kier molecular flexibility index (Phi) is 4.31. The number of nitrogens with zero attached hydrogens (tertiary/aromatic N) is 1. The first-order chi connectivity index (χ1) is 6.53. The third-order valence-corrected chi connectivity index (χ3v) is 4.14. The van der Waals surface area contributed by atoms with Crippen LogP contribution in [0.25, 0.3) is 0 Å². The van der Waals surface area contributed by atoms with E-state index in [1.165, 1.54) is 0 Å². The summed E-state index contributed by atoms with van der Waals surface area (Å²) in [6.45, 7) is 1.31. The molecule has 0 aromatic heterocycles. The standard InChI is InChI=1S/C8H18N2O3S/c1-10(13-2)5-3-8-7-14(11,12)6-4-9-8/h8-9H,3-7H2,1-2H3. The van der Waals surface area contributed by atoms with Crippen molar-refractivity contribution < 1.29 is 13.3 Å². The maximum atomic E-state index is 11.3. The van der Waals surface area contributed by atoms with Gasteiger partial charge in [-0.2, -0.15) is 5.06 Å². The van der Waals surface area contributed by atoms with Crippen LogP contribution in [0.3, 0.4) is 0 Å². The fourth-order valence-electron chi connectivity index (χ4n) is 1.48. The molecule has 0 aromatic carbocycles. The molecule has 0 aromatic rings. The molecule has 1 heterocycles. The van der Waals surface area contributed by atoms with Crippen molar-refractivity contribution in [2.75, 3.05) is 38.8 Å². The molecule has 84 valence electrons. The van der Waals surface area contributed by atoms with E-state index in [0.717, 1.165) is 13.0 Å². The maximum absolute atomic E-state index is 11.3. The smallest absolute Gasteiger partial charge is 0.153 e. The summed E-state index contributed by atoms with van der Waals surface area (Å²) in [4.78, 5) is 4.95. The van der Waals surface area contributed by atoms with Gasteiger partial charge in [0.15, 0.2) is 9.84 Å². The van der Waals surface area contributed by atoms with Gasteiger partial charge in [0.1, 0.15) is 0 Å². The molecule has 0 spiro atoms. The summed E-state index contributed by atoms with van der Waals surface area (Å²) in [6.07, 6.45) is 0.795. The van der Waals surface area contributed by atoms with Crippen molar-refractivity contribution in [1.29, 1.82) is 0 Å². The SMILES string of the molecule is CON(C)CCC1CS(=O)(=O)CCN1. The molecule has 0 aliphatic carbocycles. The van der Waals surface area contributed by atoms with Gasteiger partial charge in [-0.15, -0.1) is 0 Å². The molecule has 0 radical (unpaired) electrons. The first-order valence-corrected chi connectivity index (χ1v) is 6.55. The highest BCUT2D eigenvalue weighted by Gasteiger charge is 2.23. The van der Waals surface area contributed by atoms with Crippen molar-refractivity contribution >= 4 is 9.84 Å². The monoisotopic (exact) mass is 222 g/mol. The minimum Gasteiger partial charge on any atom is -0.312 e. The molecule has 14 heavy (non-hydrogen) atoms. The minimum atomic E-state index is -2.81. The second-order valence-corrected chi connectivity index (χ2v) is 5.82. The van der Waals surface area contributed by atoms with Crippen LogP contribution in [0, 0.1) is 0 Å². The van der Waals surface area contributed by atoms with E-state index in [-0.39, 0.29) is 17.5 Å². The Labute approximate surface area is 85.3 Å². The zero-order valence-electron chi connectivity index (χ0n) is 8.69. The van der Waals surface area contributed by atoms with Gasteiger partial charge in [0.25, 0.3) is 0 Å². The zero-order chi connectivity index (χ0) is 10.6. The van der Waals surface area contributed by atoms with Gasteiger partial charge in [-0.05, 0) is 6.42 Å². The van der Waals surface area contributed by atoms with E-state index in [1.54, 1.807) is 12.2 Å². The summed E-state index contributed by atoms with van der Waals surface area (Å²) in [5, 5.41) is 4.89. The van der Waals surface area contributed by atoms with E-state index in [1.807, 2.05) is 7.05 Å². The first kappa shape index (κ1) is 11.9. The predicted molar refractivity (Wildman–Crippen MR) is 54.7 cm³/mol. The lowest BCUT2D eigenvalue weighted by molar-refractivity contribution is -0.110. The van der Waals surface area contributed by atoms with Gasteiger partial charge in [-0.1, -0.05) is 0 Å². The summed E-state index contributed by atoms with van der Waals surface area (Å²) in [6, 6.07) is 0.0753. The third-order valence-electron chi connectivity index (χ3n) is 2.41. The number of nitrogens with one attached hydrogen (secondary N) is 1. The molecular weight excluding hydrogens is 204 g/mol. The highest BCUT2D eigenvalue weighted by Crippen LogP contribution is 2.05. The average Bonchev–Trinajstić information content (AvgIpc) is 2.12. The van der Waals surface area contributed by atoms with Gasteiger partial charge in [0, 0.05) is 26.2 Å². The molecule has 5 nitrogen and oxygen atoms in total. The van der Waals surface area contributed by atoms with E-state index in [4.69, 9.17) is 4.84 Å². The van der Waals surface area contributed by atoms with Crippen LogP contribution in [-0.4, -0.2) is 58.3 Å². The van der Waals surface area contributed by atoms with Gasteiger partial charge in [0.2, 0.25) is 0 Å². The Morgan fingerprint density at radius 3 is 2.86 bits per heavy atom. The van der Waals surface area contributed by atoms with Gasteiger partial charge < -0.3 is 10.2 Å². The summed E-state index contributed by atoms with van der Waals surface area (Å²) >= 11 is 0. The molecule has 1 N–H and O–H groups in total. The van der Waals surface area contributed by atoms with E-state index < -0.39 is 9.84 Å². The number of hydrogen-bond acceptors (Lipinski definition) is 5. The molecule has 0 bridgehead atoms. The van der Waals surface area contributed by atoms with Gasteiger partial charge >= 0.3 is 0 Å². The van der Waals surface area contributed by atoms with Crippen molar-refractivity contribution in [3.8, 4) is 0 Å². The number of rotatable bonds is 4. The second-order valence-electron chi connectivity index (χ2n) is 3.59. The van der Waals surface area contributed by atoms with E-state index in [9.17, 15) is 8.42 Å². The lowest BCUT2D eigenvalue weighted by Gasteiger charge is -2.25. The molecule has 1 atom stereocenters. The highest BCUT2D eigenvalue weighted by molar-refractivity contribution is 7.91. The summed E-state index contributed by atoms with van der Waals surface area (Å²) in [5.41, 5.74) is 0. The zero-order valence-corrected chi connectivity index (χ0v) is 9.51. The summed E-state index contributed by atoms with van der Waals surface area (Å²) in [7, 11) is 0.625. The van der Waals surface area contributed by atoms with Crippen molar-refractivity contribution in [3.05, 3.63) is 0 Å². The van der Waals surface area contributed by atoms with E-state index in [2.05, 4.69) is 5.32 Å². The van der Waals surface area contributed by atoms with Crippen LogP contribution in [0.5, 0.6) is 0 Å². The fourth-order valence-corrected chi connectivity index (χ4v) is 2.97. The molecule has 1 aliphatic rings. The third kappa shape index (κ3) is 3.91. The van der Waals surface area contributed by atoms with Crippen LogP contribution in [0.15, 0.2) is 0 Å². The lowest BCUT2D eigenvalue weighted by atomic mass is 10.2. The topological polar surface area (TPSA) is 58.6 Å².